The van der Waals surface area contributed by atoms with Crippen molar-refractivity contribution in [2.45, 2.75) is 18.3 Å². The Balaban J connectivity index is 2.30. The Morgan fingerprint density at radius 1 is 1.16 bits per heavy atom. The fraction of sp³-hybridized carbons (Fsp3) is 0.500. The second-order valence-electron chi connectivity index (χ2n) is 4.26. The molecule has 106 valence electrons. The summed E-state index contributed by atoms with van der Waals surface area (Å²) in [5.74, 6) is 0. The minimum absolute atomic E-state index is 0.0146. The van der Waals surface area contributed by atoms with Crippen molar-refractivity contribution in [1.29, 1.82) is 0 Å². The highest BCUT2D eigenvalue weighted by Gasteiger charge is 2.51. The van der Waals surface area contributed by atoms with E-state index in [1.54, 1.807) is 30.3 Å². The van der Waals surface area contributed by atoms with Gasteiger partial charge >= 0.3 is 12.5 Å². The van der Waals surface area contributed by atoms with Crippen molar-refractivity contribution in [3.8, 4) is 0 Å². The lowest BCUT2D eigenvalue weighted by atomic mass is 10.0. The van der Waals surface area contributed by atoms with Gasteiger partial charge in [0.15, 0.2) is 5.72 Å². The molecule has 3 nitrogen and oxygen atoms in total. The summed E-state index contributed by atoms with van der Waals surface area (Å²) in [5.41, 5.74) is -1.28. The Kier molecular flexibility index (Phi) is 4.07. The van der Waals surface area contributed by atoms with Crippen LogP contribution in [-0.2, 0) is 10.5 Å². The molecule has 0 aromatic heterocycles. The lowest BCUT2D eigenvalue weighted by Crippen LogP contribution is -2.61. The maximum absolute atomic E-state index is 13.2. The zero-order valence-electron chi connectivity index (χ0n) is 10.0. The molecule has 1 aromatic rings. The summed E-state index contributed by atoms with van der Waals surface area (Å²) in [6, 6.07) is 8.09. The van der Waals surface area contributed by atoms with Crippen LogP contribution in [0.3, 0.4) is 0 Å². The topological polar surface area (TPSA) is 33.3 Å². The van der Waals surface area contributed by atoms with Gasteiger partial charge in [0.1, 0.15) is 0 Å². The van der Waals surface area contributed by atoms with E-state index in [2.05, 4.69) is 15.4 Å². The lowest BCUT2D eigenvalue weighted by molar-refractivity contribution is -0.353. The standard InChI is InChI=1S/C12H14F4N2O/c13-10(14)12(15,16)19-11(8-17-6-7-18-11)9-4-2-1-3-5-9/h1-5,10,17-18H,6-8H2. The van der Waals surface area contributed by atoms with Crippen molar-refractivity contribution >= 4 is 0 Å². The van der Waals surface area contributed by atoms with Crippen molar-refractivity contribution in [3.63, 3.8) is 0 Å². The summed E-state index contributed by atoms with van der Waals surface area (Å²) in [4.78, 5) is 0. The van der Waals surface area contributed by atoms with E-state index < -0.39 is 18.3 Å². The van der Waals surface area contributed by atoms with Crippen LogP contribution in [0, 0.1) is 0 Å². The molecule has 0 bridgehead atoms. The highest BCUT2D eigenvalue weighted by molar-refractivity contribution is 5.23. The third-order valence-electron chi connectivity index (χ3n) is 2.89. The first-order valence-electron chi connectivity index (χ1n) is 5.84. The zero-order valence-corrected chi connectivity index (χ0v) is 10.0. The molecule has 0 radical (unpaired) electrons. The number of alkyl halides is 4. The molecule has 19 heavy (non-hydrogen) atoms. The molecule has 1 fully saturated rings. The molecule has 1 aromatic carbocycles. The van der Waals surface area contributed by atoms with Gasteiger partial charge in [0.05, 0.1) is 0 Å². The number of rotatable bonds is 4. The monoisotopic (exact) mass is 278 g/mol. The Morgan fingerprint density at radius 3 is 2.37 bits per heavy atom. The van der Waals surface area contributed by atoms with Crippen molar-refractivity contribution in [2.75, 3.05) is 19.6 Å². The molecule has 1 aliphatic heterocycles. The van der Waals surface area contributed by atoms with Crippen LogP contribution in [0.15, 0.2) is 30.3 Å². The van der Waals surface area contributed by atoms with Crippen LogP contribution in [0.25, 0.3) is 0 Å². The van der Waals surface area contributed by atoms with Crippen molar-refractivity contribution < 1.29 is 22.3 Å². The van der Waals surface area contributed by atoms with Crippen LogP contribution >= 0.6 is 0 Å². The quantitative estimate of drug-likeness (QED) is 0.825. The molecule has 1 heterocycles. The highest BCUT2D eigenvalue weighted by Crippen LogP contribution is 2.34. The number of halogens is 4. The number of ether oxygens (including phenoxy) is 1. The molecule has 2 rings (SSSR count). The molecule has 1 unspecified atom stereocenters. The third kappa shape index (κ3) is 3.05. The summed E-state index contributed by atoms with van der Waals surface area (Å²) in [7, 11) is 0. The van der Waals surface area contributed by atoms with Crippen LogP contribution in [0.2, 0.25) is 0 Å². The molecule has 0 spiro atoms. The van der Waals surface area contributed by atoms with Crippen LogP contribution in [0.1, 0.15) is 5.56 Å². The van der Waals surface area contributed by atoms with Crippen LogP contribution in [0.5, 0.6) is 0 Å². The van der Waals surface area contributed by atoms with Crippen molar-refractivity contribution in [2.24, 2.45) is 0 Å². The summed E-state index contributed by atoms with van der Waals surface area (Å²) in [6.07, 6.45) is -8.39. The first kappa shape index (κ1) is 14.2. The van der Waals surface area contributed by atoms with Crippen LogP contribution < -0.4 is 10.6 Å². The van der Waals surface area contributed by atoms with Gasteiger partial charge < -0.3 is 5.32 Å². The highest BCUT2D eigenvalue weighted by atomic mass is 19.3. The van der Waals surface area contributed by atoms with Gasteiger partial charge in [0, 0.05) is 25.2 Å². The molecule has 7 heteroatoms. The Morgan fingerprint density at radius 2 is 1.84 bits per heavy atom. The molecule has 1 atom stereocenters. The summed E-state index contributed by atoms with van der Waals surface area (Å²) >= 11 is 0. The average Bonchev–Trinajstić information content (AvgIpc) is 2.40. The minimum atomic E-state index is -4.51. The normalized spacial score (nSPS) is 24.7. The molecular formula is C12H14F4N2O. The van der Waals surface area contributed by atoms with E-state index >= 15 is 0 Å². The molecule has 1 saturated heterocycles. The van der Waals surface area contributed by atoms with Gasteiger partial charge in [0.25, 0.3) is 0 Å². The first-order chi connectivity index (χ1) is 8.96. The molecule has 0 amide bonds. The maximum atomic E-state index is 13.2. The largest absolute Gasteiger partial charge is 0.418 e. The van der Waals surface area contributed by atoms with Crippen LogP contribution in [-0.4, -0.2) is 32.2 Å². The molecule has 0 aliphatic carbocycles. The van der Waals surface area contributed by atoms with E-state index in [-0.39, 0.29) is 6.54 Å². The van der Waals surface area contributed by atoms with E-state index in [9.17, 15) is 17.6 Å². The van der Waals surface area contributed by atoms with E-state index in [1.165, 1.54) is 0 Å². The SMILES string of the molecule is FC(F)C(F)(F)OC1(c2ccccc2)CNCCN1. The van der Waals surface area contributed by atoms with Gasteiger partial charge in [-0.2, -0.15) is 8.78 Å². The van der Waals surface area contributed by atoms with Gasteiger partial charge in [-0.05, 0) is 0 Å². The first-order valence-corrected chi connectivity index (χ1v) is 5.84. The predicted molar refractivity (Wildman–Crippen MR) is 61.0 cm³/mol. The van der Waals surface area contributed by atoms with Gasteiger partial charge in [-0.1, -0.05) is 30.3 Å². The Labute approximate surface area is 107 Å². The maximum Gasteiger partial charge on any atom is 0.418 e. The fourth-order valence-corrected chi connectivity index (χ4v) is 2.00. The molecule has 0 saturated carbocycles. The molecule has 2 N–H and O–H groups in total. The summed E-state index contributed by atoms with van der Waals surface area (Å²) in [6.45, 7) is 0.881. The number of hydrogen-bond acceptors (Lipinski definition) is 3. The third-order valence-corrected chi connectivity index (χ3v) is 2.89. The average molecular weight is 278 g/mol. The lowest BCUT2D eigenvalue weighted by Gasteiger charge is -2.40. The molecule has 1 aliphatic rings. The minimum Gasteiger partial charge on any atom is -0.311 e. The van der Waals surface area contributed by atoms with Crippen LogP contribution in [0.4, 0.5) is 17.6 Å². The van der Waals surface area contributed by atoms with Crippen molar-refractivity contribution in [1.82, 2.24) is 10.6 Å². The smallest absolute Gasteiger partial charge is 0.311 e. The second kappa shape index (κ2) is 5.44. The van der Waals surface area contributed by atoms with E-state index in [1.807, 2.05) is 0 Å². The van der Waals surface area contributed by atoms with E-state index in [0.29, 0.717) is 18.7 Å². The summed E-state index contributed by atoms with van der Waals surface area (Å²) in [5, 5.41) is 5.63. The van der Waals surface area contributed by atoms with Gasteiger partial charge in [-0.15, -0.1) is 0 Å². The number of nitrogens with one attached hydrogen (secondary N) is 2. The zero-order chi connectivity index (χ0) is 13.9. The van der Waals surface area contributed by atoms with E-state index in [4.69, 9.17) is 0 Å². The van der Waals surface area contributed by atoms with Gasteiger partial charge in [-0.25, -0.2) is 8.78 Å². The predicted octanol–water partition coefficient (Wildman–Crippen LogP) is 1.91. The Hall–Kier alpha value is -1.18. The summed E-state index contributed by atoms with van der Waals surface area (Å²) < 4.78 is 55.6. The number of hydrogen-bond donors (Lipinski definition) is 2. The second-order valence-corrected chi connectivity index (χ2v) is 4.26. The van der Waals surface area contributed by atoms with Gasteiger partial charge in [0.2, 0.25) is 0 Å². The fourth-order valence-electron chi connectivity index (χ4n) is 2.00. The number of piperazine rings is 1. The van der Waals surface area contributed by atoms with Gasteiger partial charge in [-0.3, -0.25) is 10.1 Å². The molecular weight excluding hydrogens is 264 g/mol. The Bertz CT molecular complexity index is 407. The van der Waals surface area contributed by atoms with Crippen molar-refractivity contribution in [3.05, 3.63) is 35.9 Å². The number of benzene rings is 1. The van der Waals surface area contributed by atoms with E-state index in [0.717, 1.165) is 0 Å².